The number of halogens is 1. The molecule has 0 aliphatic heterocycles. The van der Waals surface area contributed by atoms with Crippen LogP contribution in [0.3, 0.4) is 0 Å². The van der Waals surface area contributed by atoms with Crippen molar-refractivity contribution in [2.75, 3.05) is 7.11 Å². The van der Waals surface area contributed by atoms with Gasteiger partial charge in [0.05, 0.1) is 7.11 Å². The van der Waals surface area contributed by atoms with E-state index in [1.165, 1.54) is 0 Å². The fourth-order valence-corrected chi connectivity index (χ4v) is 1.56. The molecule has 2 N–H and O–H groups in total. The smallest absolute Gasteiger partial charge is 0.488 e. The first kappa shape index (κ1) is 10.6. The lowest BCUT2D eigenvalue weighted by Crippen LogP contribution is -2.32. The Hall–Kier alpha value is -0.515. The molecule has 1 aromatic rings. The number of methoxy groups -OCH3 is 1. The molecule has 0 atom stereocenters. The molecule has 0 fully saturated rings. The Morgan fingerprint density at radius 2 is 2.15 bits per heavy atom. The van der Waals surface area contributed by atoms with Gasteiger partial charge >= 0.3 is 7.12 Å². The highest BCUT2D eigenvalue weighted by atomic mass is 79.9. The van der Waals surface area contributed by atoms with Crippen molar-refractivity contribution in [2.45, 2.75) is 5.33 Å². The molecule has 3 nitrogen and oxygen atoms in total. The van der Waals surface area contributed by atoms with Crippen LogP contribution in [0.25, 0.3) is 0 Å². The monoisotopic (exact) mass is 244 g/mol. The van der Waals surface area contributed by atoms with E-state index in [1.54, 1.807) is 25.3 Å². The quantitative estimate of drug-likeness (QED) is 0.593. The second-order valence-corrected chi connectivity index (χ2v) is 3.13. The third-order valence-corrected chi connectivity index (χ3v) is 2.38. The number of rotatable bonds is 3. The lowest BCUT2D eigenvalue weighted by atomic mass is 9.77. The van der Waals surface area contributed by atoms with E-state index in [4.69, 9.17) is 14.8 Å². The van der Waals surface area contributed by atoms with Crippen LogP contribution in [0.15, 0.2) is 18.2 Å². The van der Waals surface area contributed by atoms with Crippen molar-refractivity contribution in [3.8, 4) is 5.75 Å². The van der Waals surface area contributed by atoms with Gasteiger partial charge in [-0.15, -0.1) is 0 Å². The first-order valence-electron chi connectivity index (χ1n) is 3.78. The Morgan fingerprint density at radius 3 is 2.62 bits per heavy atom. The summed E-state index contributed by atoms with van der Waals surface area (Å²) in [6, 6.07) is 5.10. The molecule has 5 heteroatoms. The van der Waals surface area contributed by atoms with Crippen molar-refractivity contribution in [2.24, 2.45) is 0 Å². The molecule has 1 rings (SSSR count). The lowest BCUT2D eigenvalue weighted by molar-refractivity contribution is 0.413. The van der Waals surface area contributed by atoms with Crippen LogP contribution in [0, 0.1) is 0 Å². The highest BCUT2D eigenvalue weighted by Crippen LogP contribution is 2.13. The zero-order valence-electron chi connectivity index (χ0n) is 7.20. The van der Waals surface area contributed by atoms with E-state index in [1.807, 2.05) is 0 Å². The maximum Gasteiger partial charge on any atom is 0.488 e. The van der Waals surface area contributed by atoms with Crippen molar-refractivity contribution in [3.63, 3.8) is 0 Å². The van der Waals surface area contributed by atoms with Crippen LogP contribution in [0.5, 0.6) is 5.75 Å². The Bertz CT molecular complexity index is 291. The van der Waals surface area contributed by atoms with Crippen LogP contribution in [-0.4, -0.2) is 24.3 Å². The van der Waals surface area contributed by atoms with E-state index in [0.717, 1.165) is 5.56 Å². The van der Waals surface area contributed by atoms with E-state index in [9.17, 15) is 0 Å². The molecular weight excluding hydrogens is 235 g/mol. The van der Waals surface area contributed by atoms with Gasteiger partial charge in [-0.3, -0.25) is 0 Å². The molecule has 70 valence electrons. The summed E-state index contributed by atoms with van der Waals surface area (Å²) >= 11 is 3.26. The SMILES string of the molecule is COc1ccc(B(O)O)c(CBr)c1. The minimum atomic E-state index is -1.43. The number of alkyl halides is 1. The van der Waals surface area contributed by atoms with E-state index >= 15 is 0 Å². The number of hydrogen-bond donors (Lipinski definition) is 2. The van der Waals surface area contributed by atoms with Crippen molar-refractivity contribution < 1.29 is 14.8 Å². The van der Waals surface area contributed by atoms with Gasteiger partial charge in [-0.1, -0.05) is 22.0 Å². The summed E-state index contributed by atoms with van der Waals surface area (Å²) in [5.74, 6) is 0.707. The molecule has 0 radical (unpaired) electrons. The molecule has 0 aliphatic carbocycles. The Morgan fingerprint density at radius 1 is 1.46 bits per heavy atom. The van der Waals surface area contributed by atoms with Crippen molar-refractivity contribution in [1.82, 2.24) is 0 Å². The predicted molar refractivity (Wildman–Crippen MR) is 55.5 cm³/mol. The molecule has 0 spiro atoms. The molecule has 0 aromatic heterocycles. The molecule has 1 aromatic carbocycles. The van der Waals surface area contributed by atoms with Crippen molar-refractivity contribution in [1.29, 1.82) is 0 Å². The topological polar surface area (TPSA) is 49.7 Å². The number of ether oxygens (including phenoxy) is 1. The van der Waals surface area contributed by atoms with Crippen molar-refractivity contribution >= 4 is 28.5 Å². The molecule has 0 heterocycles. The maximum atomic E-state index is 8.99. The number of benzene rings is 1. The largest absolute Gasteiger partial charge is 0.497 e. The van der Waals surface area contributed by atoms with Gasteiger partial charge in [-0.05, 0) is 23.2 Å². The van der Waals surface area contributed by atoms with Gasteiger partial charge in [0.2, 0.25) is 0 Å². The Labute approximate surface area is 85.6 Å². The van der Waals surface area contributed by atoms with Gasteiger partial charge in [-0.25, -0.2) is 0 Å². The minimum Gasteiger partial charge on any atom is -0.497 e. The Kier molecular flexibility index (Phi) is 3.78. The molecule has 0 amide bonds. The highest BCUT2D eigenvalue weighted by molar-refractivity contribution is 9.08. The molecule has 0 unspecified atom stereocenters. The second-order valence-electron chi connectivity index (χ2n) is 2.57. The molecular formula is C8H10BBrO3. The first-order valence-corrected chi connectivity index (χ1v) is 4.90. The summed E-state index contributed by atoms with van der Waals surface area (Å²) in [4.78, 5) is 0. The van der Waals surface area contributed by atoms with Gasteiger partial charge in [0.1, 0.15) is 5.75 Å². The van der Waals surface area contributed by atoms with Crippen LogP contribution in [0.1, 0.15) is 5.56 Å². The first-order chi connectivity index (χ1) is 6.19. The molecule has 13 heavy (non-hydrogen) atoms. The van der Waals surface area contributed by atoms with E-state index in [0.29, 0.717) is 16.5 Å². The van der Waals surface area contributed by atoms with Crippen molar-refractivity contribution in [3.05, 3.63) is 23.8 Å². The zero-order valence-corrected chi connectivity index (χ0v) is 8.78. The number of hydrogen-bond acceptors (Lipinski definition) is 3. The van der Waals surface area contributed by atoms with Crippen LogP contribution in [0.2, 0.25) is 0 Å². The molecule has 0 saturated heterocycles. The van der Waals surface area contributed by atoms with Gasteiger partial charge in [0, 0.05) is 5.33 Å². The lowest BCUT2D eigenvalue weighted by Gasteiger charge is -2.07. The van der Waals surface area contributed by atoms with Crippen LogP contribution in [0.4, 0.5) is 0 Å². The molecule has 0 bridgehead atoms. The van der Waals surface area contributed by atoms with E-state index < -0.39 is 7.12 Å². The zero-order chi connectivity index (χ0) is 9.84. The van der Waals surface area contributed by atoms with Crippen LogP contribution >= 0.6 is 15.9 Å². The molecule has 0 saturated carbocycles. The normalized spacial score (nSPS) is 9.85. The van der Waals surface area contributed by atoms with E-state index in [2.05, 4.69) is 15.9 Å². The highest BCUT2D eigenvalue weighted by Gasteiger charge is 2.15. The summed E-state index contributed by atoms with van der Waals surface area (Å²) in [7, 11) is 0.140. The summed E-state index contributed by atoms with van der Waals surface area (Å²) in [5.41, 5.74) is 1.31. The third-order valence-electron chi connectivity index (χ3n) is 1.77. The average molecular weight is 245 g/mol. The molecule has 0 aliphatic rings. The average Bonchev–Trinajstić information content (AvgIpc) is 2.16. The Balaban J connectivity index is 3.08. The van der Waals surface area contributed by atoms with Crippen LogP contribution in [-0.2, 0) is 5.33 Å². The summed E-state index contributed by atoms with van der Waals surface area (Å²) < 4.78 is 5.01. The van der Waals surface area contributed by atoms with Crippen LogP contribution < -0.4 is 10.2 Å². The van der Waals surface area contributed by atoms with Gasteiger partial charge in [0.15, 0.2) is 0 Å². The maximum absolute atomic E-state index is 8.99. The fourth-order valence-electron chi connectivity index (χ4n) is 1.08. The minimum absolute atomic E-state index is 0.498. The summed E-state index contributed by atoms with van der Waals surface area (Å²) in [5, 5.41) is 18.6. The summed E-state index contributed by atoms with van der Waals surface area (Å²) in [6.07, 6.45) is 0. The second kappa shape index (κ2) is 4.65. The van der Waals surface area contributed by atoms with Gasteiger partial charge in [-0.2, -0.15) is 0 Å². The fraction of sp³-hybridized carbons (Fsp3) is 0.250. The predicted octanol–water partition coefficient (Wildman–Crippen LogP) is 0.270. The van der Waals surface area contributed by atoms with Gasteiger partial charge < -0.3 is 14.8 Å². The van der Waals surface area contributed by atoms with E-state index in [-0.39, 0.29) is 0 Å². The van der Waals surface area contributed by atoms with Gasteiger partial charge in [0.25, 0.3) is 0 Å². The third kappa shape index (κ3) is 2.46. The standard InChI is InChI=1S/C8H10BBrO3/c1-13-7-2-3-8(9(11)12)6(4-7)5-10/h2-4,11-12H,5H2,1H3. The summed E-state index contributed by atoms with van der Waals surface area (Å²) in [6.45, 7) is 0.